The van der Waals surface area contributed by atoms with Crippen LogP contribution in [0.1, 0.15) is 91.3 Å². The van der Waals surface area contributed by atoms with Gasteiger partial charge in [0.25, 0.3) is 0 Å². The molecule has 4 unspecified atom stereocenters. The molecule has 216 valence electrons. The van der Waals surface area contributed by atoms with Crippen LogP contribution in [-0.2, 0) is 25.5 Å². The molecule has 4 atom stereocenters. The average Bonchev–Trinajstić information content (AvgIpc) is 3.27. The van der Waals surface area contributed by atoms with Crippen molar-refractivity contribution < 1.29 is 23.9 Å². The monoisotopic (exact) mass is 542 g/mol. The smallest absolute Gasteiger partial charge is 0.410 e. The van der Waals surface area contributed by atoms with E-state index in [1.165, 1.54) is 17.5 Å². The van der Waals surface area contributed by atoms with Gasteiger partial charge in [0.1, 0.15) is 23.2 Å². The third-order valence-corrected chi connectivity index (χ3v) is 7.94. The van der Waals surface area contributed by atoms with E-state index in [1.54, 1.807) is 32.6 Å². The second kappa shape index (κ2) is 12.0. The normalized spacial score (nSPS) is 22.5. The number of likely N-dealkylation sites (tertiary alicyclic amines) is 1. The summed E-state index contributed by atoms with van der Waals surface area (Å²) in [5.41, 5.74) is 0.692. The highest BCUT2D eigenvalue weighted by molar-refractivity contribution is 5.96. The minimum Gasteiger partial charge on any atom is -0.444 e. The van der Waals surface area contributed by atoms with E-state index in [4.69, 9.17) is 4.74 Å². The van der Waals surface area contributed by atoms with Crippen molar-refractivity contribution in [3.63, 3.8) is 0 Å². The molecule has 3 rings (SSSR count). The Labute approximate surface area is 233 Å². The number of carbonyl (C=O) groups is 4. The quantitative estimate of drug-likeness (QED) is 0.542. The number of nitrogens with zero attached hydrogens (tertiary/aromatic N) is 2. The highest BCUT2D eigenvalue weighted by Crippen LogP contribution is 2.34. The molecule has 1 heterocycles. The van der Waals surface area contributed by atoms with Crippen LogP contribution in [0, 0.1) is 5.92 Å². The van der Waals surface area contributed by atoms with Crippen molar-refractivity contribution in [2.24, 2.45) is 5.92 Å². The first-order chi connectivity index (χ1) is 18.2. The van der Waals surface area contributed by atoms with Crippen molar-refractivity contribution in [2.45, 2.75) is 110 Å². The molecule has 2 aliphatic rings. The number of amides is 4. The maximum Gasteiger partial charge on any atom is 0.410 e. The van der Waals surface area contributed by atoms with Crippen LogP contribution in [0.25, 0.3) is 0 Å². The number of rotatable bonds is 7. The number of hydrogen-bond donors (Lipinski definition) is 2. The first-order valence-corrected chi connectivity index (χ1v) is 14.1. The number of likely N-dealkylation sites (N-methyl/N-ethyl adjacent to an activating group) is 1. The summed E-state index contributed by atoms with van der Waals surface area (Å²) in [6.45, 7) is 12.8. The van der Waals surface area contributed by atoms with E-state index < -0.39 is 35.2 Å². The molecule has 0 saturated carbocycles. The Morgan fingerprint density at radius 2 is 1.77 bits per heavy atom. The number of ether oxygens (including phenoxy) is 1. The van der Waals surface area contributed by atoms with E-state index in [0.717, 1.165) is 24.8 Å². The van der Waals surface area contributed by atoms with Gasteiger partial charge in [-0.3, -0.25) is 19.3 Å². The molecule has 39 heavy (non-hydrogen) atoms. The van der Waals surface area contributed by atoms with E-state index in [2.05, 4.69) is 22.8 Å². The van der Waals surface area contributed by atoms with Crippen LogP contribution in [0.5, 0.6) is 0 Å². The zero-order chi connectivity index (χ0) is 29.1. The summed E-state index contributed by atoms with van der Waals surface area (Å²) >= 11 is 0. The summed E-state index contributed by atoms with van der Waals surface area (Å²) in [7, 11) is 1.50. The average molecular weight is 543 g/mol. The molecule has 1 aliphatic carbocycles. The minimum atomic E-state index is -1.01. The molecule has 1 aliphatic heterocycles. The van der Waals surface area contributed by atoms with Crippen LogP contribution in [0.15, 0.2) is 24.3 Å². The number of carbonyl (C=O) groups excluding carboxylic acids is 4. The van der Waals surface area contributed by atoms with Crippen molar-refractivity contribution >= 4 is 23.8 Å². The second-order valence-corrected chi connectivity index (χ2v) is 12.5. The van der Waals surface area contributed by atoms with Crippen LogP contribution in [0.3, 0.4) is 0 Å². The van der Waals surface area contributed by atoms with Crippen LogP contribution < -0.4 is 10.6 Å². The first-order valence-electron chi connectivity index (χ1n) is 14.1. The lowest BCUT2D eigenvalue weighted by atomic mass is 9.86. The summed E-state index contributed by atoms with van der Waals surface area (Å²) in [5.74, 6) is -1.13. The predicted octanol–water partition coefficient (Wildman–Crippen LogP) is 3.96. The van der Waals surface area contributed by atoms with Crippen molar-refractivity contribution in [1.82, 2.24) is 20.4 Å². The van der Waals surface area contributed by atoms with Gasteiger partial charge in [-0.2, -0.15) is 0 Å². The summed E-state index contributed by atoms with van der Waals surface area (Å²) in [6.07, 6.45) is 3.50. The molecule has 1 fully saturated rings. The largest absolute Gasteiger partial charge is 0.444 e. The summed E-state index contributed by atoms with van der Waals surface area (Å²) < 4.78 is 5.38. The number of hydrogen-bond acceptors (Lipinski definition) is 5. The zero-order valence-corrected chi connectivity index (χ0v) is 24.8. The van der Waals surface area contributed by atoms with Crippen molar-refractivity contribution in [2.75, 3.05) is 13.6 Å². The maximum absolute atomic E-state index is 13.9. The first kappa shape index (κ1) is 30.4. The molecule has 4 amide bonds. The minimum absolute atomic E-state index is 0.0818. The van der Waals surface area contributed by atoms with Gasteiger partial charge in [0.15, 0.2) is 0 Å². The van der Waals surface area contributed by atoms with E-state index >= 15 is 0 Å². The molecular formula is C30H46N4O5. The van der Waals surface area contributed by atoms with Gasteiger partial charge in [-0.25, -0.2) is 4.79 Å². The molecule has 1 aromatic rings. The van der Waals surface area contributed by atoms with E-state index in [9.17, 15) is 19.2 Å². The lowest BCUT2D eigenvalue weighted by Gasteiger charge is -2.39. The summed E-state index contributed by atoms with van der Waals surface area (Å²) in [4.78, 5) is 56.1. The van der Waals surface area contributed by atoms with Gasteiger partial charge in [0.05, 0.1) is 6.04 Å². The molecule has 0 spiro atoms. The van der Waals surface area contributed by atoms with Gasteiger partial charge in [0.2, 0.25) is 17.7 Å². The fourth-order valence-electron chi connectivity index (χ4n) is 5.39. The fraction of sp³-hybridized carbons (Fsp3) is 0.667. The van der Waals surface area contributed by atoms with E-state index in [0.29, 0.717) is 19.4 Å². The Balaban J connectivity index is 1.72. The highest BCUT2D eigenvalue weighted by Gasteiger charge is 2.48. The van der Waals surface area contributed by atoms with Crippen molar-refractivity contribution in [3.05, 3.63) is 35.4 Å². The molecular weight excluding hydrogens is 496 g/mol. The second-order valence-electron chi connectivity index (χ2n) is 12.5. The molecule has 0 radical (unpaired) electrons. The molecule has 0 bridgehead atoms. The van der Waals surface area contributed by atoms with Gasteiger partial charge < -0.3 is 20.3 Å². The topological polar surface area (TPSA) is 108 Å². The predicted molar refractivity (Wildman–Crippen MR) is 150 cm³/mol. The van der Waals surface area contributed by atoms with Crippen LogP contribution in [-0.4, -0.2) is 70.4 Å². The lowest BCUT2D eigenvalue weighted by Crippen LogP contribution is -2.62. The molecule has 0 aromatic heterocycles. The van der Waals surface area contributed by atoms with Crippen LogP contribution in [0.4, 0.5) is 4.79 Å². The van der Waals surface area contributed by atoms with Gasteiger partial charge in [-0.05, 0) is 83.8 Å². The fourth-order valence-corrected chi connectivity index (χ4v) is 5.39. The maximum atomic E-state index is 13.9. The SMILES string of the molecule is CC(C)C(NC(=O)C(C)N(C)C(=O)OC(C)(C)C)C(=O)N1CCCC1(C)C(=O)NC1CCCc2ccccc21. The van der Waals surface area contributed by atoms with Gasteiger partial charge in [-0.15, -0.1) is 0 Å². The molecule has 9 nitrogen and oxygen atoms in total. The third-order valence-electron chi connectivity index (χ3n) is 7.94. The molecule has 9 heteroatoms. The molecule has 2 N–H and O–H groups in total. The number of fused-ring (bicyclic) bond motifs is 1. The van der Waals surface area contributed by atoms with E-state index in [1.807, 2.05) is 32.9 Å². The summed E-state index contributed by atoms with van der Waals surface area (Å²) in [5, 5.41) is 6.09. The molecule has 1 aromatic carbocycles. The Morgan fingerprint density at radius 1 is 1.10 bits per heavy atom. The van der Waals surface area contributed by atoms with Gasteiger partial charge >= 0.3 is 6.09 Å². The van der Waals surface area contributed by atoms with Gasteiger partial charge in [0, 0.05) is 13.6 Å². The Bertz CT molecular complexity index is 1080. The Hall–Kier alpha value is -3.10. The highest BCUT2D eigenvalue weighted by atomic mass is 16.6. The lowest BCUT2D eigenvalue weighted by molar-refractivity contribution is -0.148. The summed E-state index contributed by atoms with van der Waals surface area (Å²) in [6, 6.07) is 6.42. The third kappa shape index (κ3) is 6.92. The number of aryl methyl sites for hydroxylation is 1. The van der Waals surface area contributed by atoms with Crippen LogP contribution in [0.2, 0.25) is 0 Å². The van der Waals surface area contributed by atoms with E-state index in [-0.39, 0.29) is 23.8 Å². The van der Waals surface area contributed by atoms with Gasteiger partial charge in [-0.1, -0.05) is 38.1 Å². The zero-order valence-electron chi connectivity index (χ0n) is 24.8. The molecule has 1 saturated heterocycles. The number of nitrogens with one attached hydrogen (secondary N) is 2. The van der Waals surface area contributed by atoms with Crippen molar-refractivity contribution in [1.29, 1.82) is 0 Å². The number of benzene rings is 1. The Kier molecular flexibility index (Phi) is 9.34. The van der Waals surface area contributed by atoms with Crippen LogP contribution >= 0.6 is 0 Å². The standard InChI is InChI=1S/C30H46N4O5/c1-19(2)24(32-25(35)20(3)33(8)28(38)39-29(4,5)6)26(36)34-18-12-17-30(34,7)27(37)31-23-16-11-14-21-13-9-10-15-22(21)23/h9-10,13,15,19-20,23-24H,11-12,14,16-18H2,1-8H3,(H,31,37)(H,32,35). The Morgan fingerprint density at radius 3 is 2.41 bits per heavy atom. The van der Waals surface area contributed by atoms with Crippen molar-refractivity contribution in [3.8, 4) is 0 Å².